The van der Waals surface area contributed by atoms with E-state index in [4.69, 9.17) is 4.74 Å². The molecule has 1 aromatic carbocycles. The van der Waals surface area contributed by atoms with Crippen LogP contribution in [0.15, 0.2) is 30.6 Å². The van der Waals surface area contributed by atoms with Crippen LogP contribution in [0.3, 0.4) is 0 Å². The van der Waals surface area contributed by atoms with Crippen molar-refractivity contribution in [1.82, 2.24) is 9.55 Å². The largest absolute Gasteiger partial charge is 0.508 e. The highest BCUT2D eigenvalue weighted by Crippen LogP contribution is 2.26. The van der Waals surface area contributed by atoms with Crippen molar-refractivity contribution in [3.8, 4) is 17.1 Å². The van der Waals surface area contributed by atoms with Gasteiger partial charge in [0.25, 0.3) is 0 Å². The van der Waals surface area contributed by atoms with Crippen molar-refractivity contribution in [3.05, 3.63) is 36.2 Å². The van der Waals surface area contributed by atoms with E-state index in [0.29, 0.717) is 11.7 Å². The molecule has 2 heterocycles. The maximum absolute atomic E-state index is 9.63. The standard InChI is InChI=1S/C16H20N2O2/c1-12-10-14(2-3-15(12)19)16-17-6-7-18(16)11-13-4-8-20-9-5-13/h2-3,6-7,10,13,19H,4-5,8-9,11H2,1H3. The average Bonchev–Trinajstić information content (AvgIpc) is 2.91. The third kappa shape index (κ3) is 2.70. The summed E-state index contributed by atoms with van der Waals surface area (Å²) in [6, 6.07) is 5.64. The van der Waals surface area contributed by atoms with Crippen molar-refractivity contribution >= 4 is 0 Å². The molecule has 1 N–H and O–H groups in total. The number of nitrogens with zero attached hydrogens (tertiary/aromatic N) is 2. The van der Waals surface area contributed by atoms with Gasteiger partial charge in [-0.25, -0.2) is 4.98 Å². The molecule has 0 aliphatic carbocycles. The molecule has 20 heavy (non-hydrogen) atoms. The van der Waals surface area contributed by atoms with E-state index in [1.807, 2.05) is 31.5 Å². The Morgan fingerprint density at radius 3 is 2.90 bits per heavy atom. The number of hydrogen-bond acceptors (Lipinski definition) is 3. The lowest BCUT2D eigenvalue weighted by Crippen LogP contribution is -2.20. The van der Waals surface area contributed by atoms with Gasteiger partial charge in [-0.2, -0.15) is 0 Å². The minimum Gasteiger partial charge on any atom is -0.508 e. The molecule has 0 atom stereocenters. The van der Waals surface area contributed by atoms with Crippen molar-refractivity contribution in [2.45, 2.75) is 26.3 Å². The molecule has 0 radical (unpaired) electrons. The lowest BCUT2D eigenvalue weighted by atomic mass is 10.00. The van der Waals surface area contributed by atoms with E-state index in [9.17, 15) is 5.11 Å². The second kappa shape index (κ2) is 5.67. The Kier molecular flexibility index (Phi) is 3.74. The quantitative estimate of drug-likeness (QED) is 0.934. The summed E-state index contributed by atoms with van der Waals surface area (Å²) in [4.78, 5) is 4.47. The molecule has 1 aromatic heterocycles. The zero-order valence-electron chi connectivity index (χ0n) is 11.7. The predicted molar refractivity (Wildman–Crippen MR) is 77.6 cm³/mol. The first kappa shape index (κ1) is 13.2. The zero-order valence-corrected chi connectivity index (χ0v) is 11.7. The molecular formula is C16H20N2O2. The number of benzene rings is 1. The highest BCUT2D eigenvalue weighted by atomic mass is 16.5. The minimum atomic E-state index is 0.330. The SMILES string of the molecule is Cc1cc(-c2nccn2CC2CCOCC2)ccc1O. The Morgan fingerprint density at radius 1 is 1.35 bits per heavy atom. The molecule has 4 nitrogen and oxygen atoms in total. The van der Waals surface area contributed by atoms with E-state index in [2.05, 4.69) is 9.55 Å². The smallest absolute Gasteiger partial charge is 0.139 e. The van der Waals surface area contributed by atoms with Crippen LogP contribution in [-0.2, 0) is 11.3 Å². The average molecular weight is 272 g/mol. The number of hydrogen-bond donors (Lipinski definition) is 1. The Hall–Kier alpha value is -1.81. The molecule has 1 aliphatic rings. The predicted octanol–water partition coefficient (Wildman–Crippen LogP) is 2.99. The normalized spacial score (nSPS) is 16.4. The summed E-state index contributed by atoms with van der Waals surface area (Å²) in [5, 5.41) is 9.63. The number of phenolic OH excluding ortho intramolecular Hbond substituents is 1. The highest BCUT2D eigenvalue weighted by Gasteiger charge is 2.16. The second-order valence-electron chi connectivity index (χ2n) is 5.46. The Balaban J connectivity index is 1.83. The number of ether oxygens (including phenoxy) is 1. The van der Waals surface area contributed by atoms with Crippen LogP contribution in [0.5, 0.6) is 5.75 Å². The van der Waals surface area contributed by atoms with Crippen LogP contribution in [-0.4, -0.2) is 27.9 Å². The fourth-order valence-corrected chi connectivity index (χ4v) is 2.72. The molecule has 0 bridgehead atoms. The Labute approximate surface area is 119 Å². The Morgan fingerprint density at radius 2 is 2.15 bits per heavy atom. The van der Waals surface area contributed by atoms with Gasteiger partial charge in [0.2, 0.25) is 0 Å². The van der Waals surface area contributed by atoms with Gasteiger partial charge >= 0.3 is 0 Å². The summed E-state index contributed by atoms with van der Waals surface area (Å²) in [6.45, 7) is 4.63. The van der Waals surface area contributed by atoms with Gasteiger partial charge in [0, 0.05) is 37.7 Å². The van der Waals surface area contributed by atoms with Crippen LogP contribution in [0.4, 0.5) is 0 Å². The summed E-state index contributed by atoms with van der Waals surface area (Å²) < 4.78 is 7.62. The topological polar surface area (TPSA) is 47.3 Å². The van der Waals surface area contributed by atoms with Crippen LogP contribution in [0.25, 0.3) is 11.4 Å². The van der Waals surface area contributed by atoms with Crippen LogP contribution in [0.1, 0.15) is 18.4 Å². The van der Waals surface area contributed by atoms with E-state index in [0.717, 1.165) is 49.6 Å². The first-order valence-electron chi connectivity index (χ1n) is 7.13. The van der Waals surface area contributed by atoms with Crippen LogP contribution < -0.4 is 0 Å². The molecule has 1 aliphatic heterocycles. The second-order valence-corrected chi connectivity index (χ2v) is 5.46. The van der Waals surface area contributed by atoms with Gasteiger partial charge in [-0.15, -0.1) is 0 Å². The third-order valence-corrected chi connectivity index (χ3v) is 3.97. The number of aromatic hydroxyl groups is 1. The molecule has 0 unspecified atom stereocenters. The van der Waals surface area contributed by atoms with E-state index >= 15 is 0 Å². The lowest BCUT2D eigenvalue weighted by Gasteiger charge is -2.23. The number of aromatic nitrogens is 2. The molecule has 4 heteroatoms. The summed E-state index contributed by atoms with van der Waals surface area (Å²) >= 11 is 0. The minimum absolute atomic E-state index is 0.330. The number of aryl methyl sites for hydroxylation is 1. The molecule has 2 aromatic rings. The van der Waals surface area contributed by atoms with Gasteiger partial charge in [-0.1, -0.05) is 0 Å². The zero-order chi connectivity index (χ0) is 13.9. The molecular weight excluding hydrogens is 252 g/mol. The molecule has 0 saturated carbocycles. The molecule has 3 rings (SSSR count). The van der Waals surface area contributed by atoms with E-state index in [1.54, 1.807) is 6.07 Å². The lowest BCUT2D eigenvalue weighted by molar-refractivity contribution is 0.0614. The van der Waals surface area contributed by atoms with E-state index in [-0.39, 0.29) is 0 Å². The fraction of sp³-hybridized carbons (Fsp3) is 0.438. The van der Waals surface area contributed by atoms with Gasteiger partial charge in [0.15, 0.2) is 0 Å². The summed E-state index contributed by atoms with van der Waals surface area (Å²) in [5.41, 5.74) is 1.93. The maximum atomic E-state index is 9.63. The Bertz CT molecular complexity index is 586. The monoisotopic (exact) mass is 272 g/mol. The summed E-state index contributed by atoms with van der Waals surface area (Å²) in [7, 11) is 0. The van der Waals surface area contributed by atoms with Gasteiger partial charge in [0.1, 0.15) is 11.6 Å². The fourth-order valence-electron chi connectivity index (χ4n) is 2.72. The van der Waals surface area contributed by atoms with E-state index in [1.165, 1.54) is 0 Å². The van der Waals surface area contributed by atoms with Crippen molar-refractivity contribution in [2.24, 2.45) is 5.92 Å². The van der Waals surface area contributed by atoms with E-state index < -0.39 is 0 Å². The van der Waals surface area contributed by atoms with Crippen molar-refractivity contribution in [1.29, 1.82) is 0 Å². The van der Waals surface area contributed by atoms with Gasteiger partial charge in [-0.3, -0.25) is 0 Å². The van der Waals surface area contributed by atoms with Gasteiger partial charge in [-0.05, 0) is 49.4 Å². The maximum Gasteiger partial charge on any atom is 0.139 e. The third-order valence-electron chi connectivity index (χ3n) is 3.97. The highest BCUT2D eigenvalue weighted by molar-refractivity contribution is 5.59. The van der Waals surface area contributed by atoms with Crippen molar-refractivity contribution in [3.63, 3.8) is 0 Å². The number of phenols is 1. The first-order chi connectivity index (χ1) is 9.74. The van der Waals surface area contributed by atoms with Gasteiger partial charge in [0.05, 0.1) is 0 Å². The summed E-state index contributed by atoms with van der Waals surface area (Å²) in [5.74, 6) is 1.96. The van der Waals surface area contributed by atoms with Crippen LogP contribution >= 0.6 is 0 Å². The van der Waals surface area contributed by atoms with Gasteiger partial charge < -0.3 is 14.4 Å². The summed E-state index contributed by atoms with van der Waals surface area (Å²) in [6.07, 6.45) is 6.11. The van der Waals surface area contributed by atoms with Crippen LogP contribution in [0, 0.1) is 12.8 Å². The molecule has 1 saturated heterocycles. The molecule has 0 amide bonds. The number of imidazole rings is 1. The molecule has 1 fully saturated rings. The van der Waals surface area contributed by atoms with Crippen molar-refractivity contribution < 1.29 is 9.84 Å². The first-order valence-corrected chi connectivity index (χ1v) is 7.13. The van der Waals surface area contributed by atoms with Crippen LogP contribution in [0.2, 0.25) is 0 Å². The molecule has 106 valence electrons. The number of rotatable bonds is 3. The molecule has 0 spiro atoms. The van der Waals surface area contributed by atoms with Crippen molar-refractivity contribution in [2.75, 3.05) is 13.2 Å².